The van der Waals surface area contributed by atoms with Gasteiger partial charge < -0.3 is 10.2 Å². The molecule has 0 saturated carbocycles. The van der Waals surface area contributed by atoms with Gasteiger partial charge >= 0.3 is 0 Å². The molecule has 1 aliphatic rings. The topological polar surface area (TPSA) is 67.2 Å². The first kappa shape index (κ1) is 11.6. The van der Waals surface area contributed by atoms with E-state index in [9.17, 15) is 9.59 Å². The van der Waals surface area contributed by atoms with Crippen LogP contribution in [0.25, 0.3) is 0 Å². The van der Waals surface area contributed by atoms with E-state index in [-0.39, 0.29) is 24.4 Å². The Kier molecular flexibility index (Phi) is 3.12. The van der Waals surface area contributed by atoms with Crippen molar-refractivity contribution in [2.24, 2.45) is 7.05 Å². The Morgan fingerprint density at radius 2 is 2.29 bits per heavy atom. The number of aryl methyl sites for hydroxylation is 1. The average Bonchev–Trinajstić information content (AvgIpc) is 2.70. The fraction of sp³-hybridized carbons (Fsp3) is 0.545. The number of hydrogen-bond donors (Lipinski definition) is 1. The van der Waals surface area contributed by atoms with Crippen molar-refractivity contribution in [1.82, 2.24) is 20.0 Å². The maximum atomic E-state index is 11.8. The maximum absolute atomic E-state index is 11.8. The monoisotopic (exact) mass is 236 g/mol. The molecular weight excluding hydrogens is 220 g/mol. The number of aromatic nitrogens is 2. The molecule has 1 fully saturated rings. The van der Waals surface area contributed by atoms with E-state index < -0.39 is 0 Å². The van der Waals surface area contributed by atoms with E-state index in [1.165, 1.54) is 0 Å². The van der Waals surface area contributed by atoms with Crippen LogP contribution in [-0.4, -0.2) is 39.1 Å². The van der Waals surface area contributed by atoms with Gasteiger partial charge in [-0.1, -0.05) is 6.92 Å². The van der Waals surface area contributed by atoms with Gasteiger partial charge in [-0.15, -0.1) is 0 Å². The molecule has 6 heteroatoms. The van der Waals surface area contributed by atoms with E-state index >= 15 is 0 Å². The molecule has 2 rings (SSSR count). The van der Waals surface area contributed by atoms with Crippen LogP contribution in [0.2, 0.25) is 0 Å². The first-order valence-corrected chi connectivity index (χ1v) is 5.66. The molecule has 6 nitrogen and oxygen atoms in total. The summed E-state index contributed by atoms with van der Waals surface area (Å²) in [6.07, 6.45) is 4.19. The number of amides is 2. The van der Waals surface area contributed by atoms with Gasteiger partial charge in [0.2, 0.25) is 11.8 Å². The van der Waals surface area contributed by atoms with Gasteiger partial charge in [0.1, 0.15) is 6.04 Å². The van der Waals surface area contributed by atoms with Crippen molar-refractivity contribution in [3.8, 4) is 0 Å². The minimum atomic E-state index is -0.364. The zero-order valence-electron chi connectivity index (χ0n) is 10.0. The second kappa shape index (κ2) is 4.57. The Morgan fingerprint density at radius 3 is 2.88 bits per heavy atom. The fourth-order valence-electron chi connectivity index (χ4n) is 2.05. The second-order valence-corrected chi connectivity index (χ2v) is 4.19. The first-order valence-electron chi connectivity index (χ1n) is 5.66. The Morgan fingerprint density at radius 1 is 1.53 bits per heavy atom. The third-order valence-electron chi connectivity index (χ3n) is 2.91. The van der Waals surface area contributed by atoms with Crippen LogP contribution in [0.5, 0.6) is 0 Å². The molecule has 1 atom stereocenters. The van der Waals surface area contributed by atoms with Crippen molar-refractivity contribution < 1.29 is 9.59 Å². The van der Waals surface area contributed by atoms with Gasteiger partial charge in [0.15, 0.2) is 0 Å². The summed E-state index contributed by atoms with van der Waals surface area (Å²) in [6.45, 7) is 2.44. The summed E-state index contributed by atoms with van der Waals surface area (Å²) in [5, 5.41) is 6.66. The van der Waals surface area contributed by atoms with Gasteiger partial charge in [0.25, 0.3) is 0 Å². The molecule has 1 aliphatic heterocycles. The van der Waals surface area contributed by atoms with Crippen LogP contribution < -0.4 is 5.32 Å². The van der Waals surface area contributed by atoms with Crippen molar-refractivity contribution in [3.05, 3.63) is 18.0 Å². The lowest BCUT2D eigenvalue weighted by Crippen LogP contribution is -2.57. The molecule has 1 N–H and O–H groups in total. The highest BCUT2D eigenvalue weighted by Gasteiger charge is 2.32. The van der Waals surface area contributed by atoms with Crippen LogP contribution >= 0.6 is 0 Å². The van der Waals surface area contributed by atoms with Crippen LogP contribution in [0.4, 0.5) is 0 Å². The lowest BCUT2D eigenvalue weighted by molar-refractivity contribution is -0.146. The van der Waals surface area contributed by atoms with E-state index in [1.807, 2.05) is 20.2 Å². The van der Waals surface area contributed by atoms with Crippen LogP contribution in [0.3, 0.4) is 0 Å². The number of rotatable bonds is 3. The first-order chi connectivity index (χ1) is 8.11. The molecule has 0 aliphatic carbocycles. The molecular formula is C11H16N4O2. The number of hydrogen-bond acceptors (Lipinski definition) is 3. The number of nitrogens with one attached hydrogen (secondary N) is 1. The predicted molar refractivity (Wildman–Crippen MR) is 60.8 cm³/mol. The SMILES string of the molecule is CCC1C(=O)NCC(=O)N1Cc1cnn(C)c1. The minimum Gasteiger partial charge on any atom is -0.345 e. The summed E-state index contributed by atoms with van der Waals surface area (Å²) < 4.78 is 1.69. The van der Waals surface area contributed by atoms with Crippen molar-refractivity contribution in [3.63, 3.8) is 0 Å². The maximum Gasteiger partial charge on any atom is 0.243 e. The fourth-order valence-corrected chi connectivity index (χ4v) is 2.05. The second-order valence-electron chi connectivity index (χ2n) is 4.19. The quantitative estimate of drug-likeness (QED) is 0.780. The van der Waals surface area contributed by atoms with Gasteiger partial charge in [-0.2, -0.15) is 5.10 Å². The molecule has 2 amide bonds. The van der Waals surface area contributed by atoms with Crippen LogP contribution in [-0.2, 0) is 23.2 Å². The zero-order valence-corrected chi connectivity index (χ0v) is 10.0. The van der Waals surface area contributed by atoms with Gasteiger partial charge in [-0.25, -0.2) is 0 Å². The van der Waals surface area contributed by atoms with Gasteiger partial charge in [-0.05, 0) is 6.42 Å². The van der Waals surface area contributed by atoms with Gasteiger partial charge in [0, 0.05) is 25.4 Å². The summed E-state index contributed by atoms with van der Waals surface area (Å²) in [7, 11) is 1.82. The third-order valence-corrected chi connectivity index (χ3v) is 2.91. The average molecular weight is 236 g/mol. The molecule has 17 heavy (non-hydrogen) atoms. The van der Waals surface area contributed by atoms with Crippen LogP contribution in [0.15, 0.2) is 12.4 Å². The van der Waals surface area contributed by atoms with E-state index in [0.717, 1.165) is 5.56 Å². The van der Waals surface area contributed by atoms with Crippen LogP contribution in [0, 0.1) is 0 Å². The Bertz CT molecular complexity index is 440. The third kappa shape index (κ3) is 2.30. The summed E-state index contributed by atoms with van der Waals surface area (Å²) in [5.74, 6) is -0.115. The molecule has 0 bridgehead atoms. The largest absolute Gasteiger partial charge is 0.345 e. The molecule has 1 unspecified atom stereocenters. The van der Waals surface area contributed by atoms with E-state index in [1.54, 1.807) is 15.8 Å². The van der Waals surface area contributed by atoms with Gasteiger partial charge in [-0.3, -0.25) is 14.3 Å². The lowest BCUT2D eigenvalue weighted by Gasteiger charge is -2.34. The Hall–Kier alpha value is -1.85. The highest BCUT2D eigenvalue weighted by atomic mass is 16.2. The molecule has 0 radical (unpaired) electrons. The molecule has 2 heterocycles. The smallest absolute Gasteiger partial charge is 0.243 e. The van der Waals surface area contributed by atoms with Crippen molar-refractivity contribution in [2.75, 3.05) is 6.54 Å². The molecule has 1 saturated heterocycles. The number of piperazine rings is 1. The summed E-state index contributed by atoms with van der Waals surface area (Å²) in [5.41, 5.74) is 0.939. The number of carbonyl (C=O) groups excluding carboxylic acids is 2. The molecule has 1 aromatic heterocycles. The predicted octanol–water partition coefficient (Wildman–Crippen LogP) is -0.343. The van der Waals surface area contributed by atoms with Crippen molar-refractivity contribution in [2.45, 2.75) is 25.9 Å². The standard InChI is InChI=1S/C11H16N4O2/c1-3-9-11(17)12-5-10(16)15(9)7-8-4-13-14(2)6-8/h4,6,9H,3,5,7H2,1-2H3,(H,12,17). The zero-order chi connectivity index (χ0) is 12.4. The lowest BCUT2D eigenvalue weighted by atomic mass is 10.1. The molecule has 0 aromatic carbocycles. The normalized spacial score (nSPS) is 20.6. The molecule has 0 spiro atoms. The number of nitrogens with zero attached hydrogens (tertiary/aromatic N) is 3. The van der Waals surface area contributed by atoms with E-state index in [0.29, 0.717) is 13.0 Å². The van der Waals surface area contributed by atoms with Crippen LogP contribution in [0.1, 0.15) is 18.9 Å². The molecule has 92 valence electrons. The van der Waals surface area contributed by atoms with Crippen molar-refractivity contribution >= 4 is 11.8 Å². The number of carbonyl (C=O) groups is 2. The Labute approximate surface area is 99.6 Å². The minimum absolute atomic E-state index is 0.0414. The Balaban J connectivity index is 2.15. The molecule has 1 aromatic rings. The van der Waals surface area contributed by atoms with E-state index in [2.05, 4.69) is 10.4 Å². The summed E-state index contributed by atoms with van der Waals surface area (Å²) in [6, 6.07) is -0.364. The van der Waals surface area contributed by atoms with E-state index in [4.69, 9.17) is 0 Å². The highest BCUT2D eigenvalue weighted by molar-refractivity contribution is 5.94. The summed E-state index contributed by atoms with van der Waals surface area (Å²) >= 11 is 0. The summed E-state index contributed by atoms with van der Waals surface area (Å²) in [4.78, 5) is 25.1. The van der Waals surface area contributed by atoms with Crippen molar-refractivity contribution in [1.29, 1.82) is 0 Å². The highest BCUT2D eigenvalue weighted by Crippen LogP contribution is 2.13. The van der Waals surface area contributed by atoms with Gasteiger partial charge in [0.05, 0.1) is 12.7 Å².